The van der Waals surface area contributed by atoms with Crippen LogP contribution >= 0.6 is 15.9 Å². The SMILES string of the molecule is Cc1ccc(C2C[C@@H](N)c3cc(Br)ccc3O2)cc1. The van der Waals surface area contributed by atoms with E-state index < -0.39 is 0 Å². The molecule has 19 heavy (non-hydrogen) atoms. The molecule has 0 radical (unpaired) electrons. The topological polar surface area (TPSA) is 35.2 Å². The zero-order valence-electron chi connectivity index (χ0n) is 10.8. The summed E-state index contributed by atoms with van der Waals surface area (Å²) in [4.78, 5) is 0. The van der Waals surface area contributed by atoms with Gasteiger partial charge in [-0.05, 0) is 30.7 Å². The summed E-state index contributed by atoms with van der Waals surface area (Å²) in [7, 11) is 0. The number of ether oxygens (including phenoxy) is 1. The normalized spacial score (nSPS) is 21.6. The Balaban J connectivity index is 1.92. The van der Waals surface area contributed by atoms with Crippen LogP contribution in [0, 0.1) is 6.92 Å². The van der Waals surface area contributed by atoms with E-state index >= 15 is 0 Å². The molecule has 2 aromatic carbocycles. The summed E-state index contributed by atoms with van der Waals surface area (Å²) in [5.41, 5.74) is 9.80. The Morgan fingerprint density at radius 2 is 1.89 bits per heavy atom. The van der Waals surface area contributed by atoms with Gasteiger partial charge in [0.2, 0.25) is 0 Å². The number of rotatable bonds is 1. The highest BCUT2D eigenvalue weighted by atomic mass is 79.9. The fraction of sp³-hybridized carbons (Fsp3) is 0.250. The van der Waals surface area contributed by atoms with Crippen LogP contribution < -0.4 is 10.5 Å². The van der Waals surface area contributed by atoms with Gasteiger partial charge in [-0.1, -0.05) is 45.8 Å². The monoisotopic (exact) mass is 317 g/mol. The average Bonchev–Trinajstić information content (AvgIpc) is 2.40. The molecule has 0 saturated carbocycles. The third-order valence-corrected chi connectivity index (χ3v) is 4.05. The van der Waals surface area contributed by atoms with Crippen molar-refractivity contribution in [3.8, 4) is 5.75 Å². The lowest BCUT2D eigenvalue weighted by molar-refractivity contribution is 0.161. The Hall–Kier alpha value is -1.32. The molecular formula is C16H16BrNO. The molecule has 1 unspecified atom stereocenters. The third-order valence-electron chi connectivity index (χ3n) is 3.56. The summed E-state index contributed by atoms with van der Waals surface area (Å²) in [5, 5.41) is 0. The molecule has 0 fully saturated rings. The van der Waals surface area contributed by atoms with Crippen LogP contribution in [0.2, 0.25) is 0 Å². The molecule has 0 amide bonds. The Kier molecular flexibility index (Phi) is 3.33. The second-order valence-electron chi connectivity index (χ2n) is 5.04. The predicted molar refractivity (Wildman–Crippen MR) is 80.2 cm³/mol. The van der Waals surface area contributed by atoms with Crippen molar-refractivity contribution in [1.29, 1.82) is 0 Å². The van der Waals surface area contributed by atoms with Crippen molar-refractivity contribution in [3.05, 3.63) is 63.6 Å². The Bertz CT molecular complexity index is 594. The van der Waals surface area contributed by atoms with Gasteiger partial charge in [-0.15, -0.1) is 0 Å². The molecule has 2 atom stereocenters. The van der Waals surface area contributed by atoms with Crippen LogP contribution in [0.3, 0.4) is 0 Å². The molecular weight excluding hydrogens is 302 g/mol. The number of halogens is 1. The van der Waals surface area contributed by atoms with E-state index in [0.717, 1.165) is 22.2 Å². The van der Waals surface area contributed by atoms with Gasteiger partial charge < -0.3 is 10.5 Å². The van der Waals surface area contributed by atoms with Gasteiger partial charge in [0.1, 0.15) is 11.9 Å². The maximum absolute atomic E-state index is 6.27. The number of benzene rings is 2. The number of fused-ring (bicyclic) bond motifs is 1. The molecule has 0 aliphatic carbocycles. The minimum atomic E-state index is 0.0209. The lowest BCUT2D eigenvalue weighted by atomic mass is 9.93. The maximum atomic E-state index is 6.27. The van der Waals surface area contributed by atoms with E-state index in [1.54, 1.807) is 0 Å². The lowest BCUT2D eigenvalue weighted by Gasteiger charge is -2.30. The number of aryl methyl sites for hydroxylation is 1. The van der Waals surface area contributed by atoms with Gasteiger partial charge in [0, 0.05) is 22.5 Å². The van der Waals surface area contributed by atoms with Crippen molar-refractivity contribution in [2.45, 2.75) is 25.5 Å². The highest BCUT2D eigenvalue weighted by Gasteiger charge is 2.27. The van der Waals surface area contributed by atoms with Gasteiger partial charge in [0.25, 0.3) is 0 Å². The molecule has 1 heterocycles. The van der Waals surface area contributed by atoms with Crippen LogP contribution in [-0.2, 0) is 0 Å². The van der Waals surface area contributed by atoms with Crippen molar-refractivity contribution < 1.29 is 4.74 Å². The van der Waals surface area contributed by atoms with Gasteiger partial charge >= 0.3 is 0 Å². The van der Waals surface area contributed by atoms with Crippen molar-refractivity contribution in [2.75, 3.05) is 0 Å². The van der Waals surface area contributed by atoms with Gasteiger partial charge in [-0.3, -0.25) is 0 Å². The highest BCUT2D eigenvalue weighted by molar-refractivity contribution is 9.10. The molecule has 2 aromatic rings. The average molecular weight is 318 g/mol. The van der Waals surface area contributed by atoms with Crippen molar-refractivity contribution in [2.24, 2.45) is 5.73 Å². The summed E-state index contributed by atoms with van der Waals surface area (Å²) >= 11 is 3.47. The minimum Gasteiger partial charge on any atom is -0.485 e. The lowest BCUT2D eigenvalue weighted by Crippen LogP contribution is -2.24. The van der Waals surface area contributed by atoms with Crippen LogP contribution in [0.5, 0.6) is 5.75 Å². The predicted octanol–water partition coefficient (Wildman–Crippen LogP) is 4.28. The molecule has 0 spiro atoms. The Morgan fingerprint density at radius 3 is 2.63 bits per heavy atom. The van der Waals surface area contributed by atoms with Crippen LogP contribution in [-0.4, -0.2) is 0 Å². The van der Waals surface area contributed by atoms with E-state index in [1.165, 1.54) is 11.1 Å². The zero-order valence-corrected chi connectivity index (χ0v) is 12.4. The molecule has 1 aliphatic rings. The van der Waals surface area contributed by atoms with E-state index in [0.29, 0.717) is 0 Å². The molecule has 0 aromatic heterocycles. The quantitative estimate of drug-likeness (QED) is 0.852. The molecule has 3 rings (SSSR count). The summed E-state index contributed by atoms with van der Waals surface area (Å²) < 4.78 is 7.12. The molecule has 3 heteroatoms. The first kappa shape index (κ1) is 12.7. The standard InChI is InChI=1S/C16H16BrNO/c1-10-2-4-11(5-3-10)16-9-14(18)13-8-12(17)6-7-15(13)19-16/h2-8,14,16H,9,18H2,1H3/t14-,16?/m1/s1. The first-order valence-corrected chi connectivity index (χ1v) is 7.21. The van der Waals surface area contributed by atoms with E-state index in [9.17, 15) is 0 Å². The van der Waals surface area contributed by atoms with Gasteiger partial charge in [-0.2, -0.15) is 0 Å². The fourth-order valence-electron chi connectivity index (χ4n) is 2.46. The highest BCUT2D eigenvalue weighted by Crippen LogP contribution is 2.40. The summed E-state index contributed by atoms with van der Waals surface area (Å²) in [6, 6.07) is 14.5. The van der Waals surface area contributed by atoms with E-state index in [-0.39, 0.29) is 12.1 Å². The number of hydrogen-bond donors (Lipinski definition) is 1. The molecule has 0 bridgehead atoms. The fourth-order valence-corrected chi connectivity index (χ4v) is 2.84. The van der Waals surface area contributed by atoms with E-state index in [2.05, 4.69) is 47.1 Å². The zero-order chi connectivity index (χ0) is 13.4. The van der Waals surface area contributed by atoms with Crippen molar-refractivity contribution in [3.63, 3.8) is 0 Å². The number of hydrogen-bond acceptors (Lipinski definition) is 2. The molecule has 0 saturated heterocycles. The van der Waals surface area contributed by atoms with Crippen molar-refractivity contribution >= 4 is 15.9 Å². The van der Waals surface area contributed by atoms with Crippen LogP contribution in [0.1, 0.15) is 35.3 Å². The first-order valence-electron chi connectivity index (χ1n) is 6.42. The van der Waals surface area contributed by atoms with Crippen LogP contribution in [0.4, 0.5) is 0 Å². The second kappa shape index (κ2) is 4.99. The van der Waals surface area contributed by atoms with Crippen LogP contribution in [0.25, 0.3) is 0 Å². The van der Waals surface area contributed by atoms with Crippen molar-refractivity contribution in [1.82, 2.24) is 0 Å². The van der Waals surface area contributed by atoms with Crippen LogP contribution in [0.15, 0.2) is 46.9 Å². The second-order valence-corrected chi connectivity index (χ2v) is 5.96. The molecule has 2 nitrogen and oxygen atoms in total. The molecule has 1 aliphatic heterocycles. The Morgan fingerprint density at radius 1 is 1.16 bits per heavy atom. The van der Waals surface area contributed by atoms with Gasteiger partial charge in [-0.25, -0.2) is 0 Å². The van der Waals surface area contributed by atoms with Gasteiger partial charge in [0.05, 0.1) is 0 Å². The Labute approximate surface area is 121 Å². The smallest absolute Gasteiger partial charge is 0.126 e. The minimum absolute atomic E-state index is 0.0209. The van der Waals surface area contributed by atoms with Gasteiger partial charge in [0.15, 0.2) is 0 Å². The summed E-state index contributed by atoms with van der Waals surface area (Å²) in [6.45, 7) is 2.09. The first-order chi connectivity index (χ1) is 9.13. The summed E-state index contributed by atoms with van der Waals surface area (Å²) in [5.74, 6) is 0.896. The molecule has 2 N–H and O–H groups in total. The maximum Gasteiger partial charge on any atom is 0.126 e. The third kappa shape index (κ3) is 2.53. The van der Waals surface area contributed by atoms with E-state index in [4.69, 9.17) is 10.5 Å². The van der Waals surface area contributed by atoms with E-state index in [1.807, 2.05) is 18.2 Å². The largest absolute Gasteiger partial charge is 0.485 e. The molecule has 98 valence electrons. The number of nitrogens with two attached hydrogens (primary N) is 1. The summed E-state index contributed by atoms with van der Waals surface area (Å²) in [6.07, 6.45) is 0.858.